The predicted octanol–water partition coefficient (Wildman–Crippen LogP) is 1.39. The highest BCUT2D eigenvalue weighted by molar-refractivity contribution is 7.14. The van der Waals surface area contributed by atoms with E-state index in [-0.39, 0.29) is 29.3 Å². The smallest absolute Gasteiger partial charge is 0.338 e. The summed E-state index contributed by atoms with van der Waals surface area (Å²) in [5.41, 5.74) is 0.510. The van der Waals surface area contributed by atoms with Crippen molar-refractivity contribution in [1.82, 2.24) is 10.3 Å². The van der Waals surface area contributed by atoms with Gasteiger partial charge in [0.05, 0.1) is 37.5 Å². The zero-order valence-electron chi connectivity index (χ0n) is 15.6. The number of ether oxygens (including phenoxy) is 3. The Labute approximate surface area is 169 Å². The van der Waals surface area contributed by atoms with Gasteiger partial charge in [0, 0.05) is 18.5 Å². The van der Waals surface area contributed by atoms with Crippen LogP contribution in [0.15, 0.2) is 23.6 Å². The number of methoxy groups -OCH3 is 2. The molecule has 1 aliphatic heterocycles. The van der Waals surface area contributed by atoms with Gasteiger partial charge in [-0.3, -0.25) is 9.69 Å². The van der Waals surface area contributed by atoms with Crippen LogP contribution in [0.5, 0.6) is 5.75 Å². The monoisotopic (exact) mass is 419 g/mol. The van der Waals surface area contributed by atoms with Crippen molar-refractivity contribution >= 4 is 40.4 Å². The van der Waals surface area contributed by atoms with Crippen molar-refractivity contribution in [2.45, 2.75) is 6.42 Å². The van der Waals surface area contributed by atoms with Crippen LogP contribution in [0, 0.1) is 0 Å². The van der Waals surface area contributed by atoms with Gasteiger partial charge in [0.2, 0.25) is 0 Å². The van der Waals surface area contributed by atoms with E-state index in [2.05, 4.69) is 19.8 Å². The zero-order valence-corrected chi connectivity index (χ0v) is 16.4. The molecule has 0 aliphatic carbocycles. The van der Waals surface area contributed by atoms with Crippen LogP contribution in [-0.2, 0) is 20.7 Å². The summed E-state index contributed by atoms with van der Waals surface area (Å²) in [5.74, 6) is -2.04. The van der Waals surface area contributed by atoms with Gasteiger partial charge >= 0.3 is 23.9 Å². The molecule has 2 amide bonds. The molecule has 0 atom stereocenters. The van der Waals surface area contributed by atoms with Crippen molar-refractivity contribution in [2.75, 3.05) is 32.2 Å². The van der Waals surface area contributed by atoms with Crippen LogP contribution in [0.4, 0.5) is 9.93 Å². The lowest BCUT2D eigenvalue weighted by molar-refractivity contribution is -0.133. The number of nitrogens with one attached hydrogen (secondary N) is 1. The molecule has 3 rings (SSSR count). The number of thiazole rings is 1. The first-order valence-corrected chi connectivity index (χ1v) is 9.31. The van der Waals surface area contributed by atoms with Crippen LogP contribution in [0.3, 0.4) is 0 Å². The number of nitrogens with zero attached hydrogens (tertiary/aromatic N) is 2. The van der Waals surface area contributed by atoms with Crippen molar-refractivity contribution in [3.8, 4) is 5.75 Å². The number of anilines is 1. The van der Waals surface area contributed by atoms with Crippen molar-refractivity contribution in [2.24, 2.45) is 0 Å². The van der Waals surface area contributed by atoms with E-state index in [0.29, 0.717) is 23.9 Å². The van der Waals surface area contributed by atoms with Crippen LogP contribution in [0.25, 0.3) is 0 Å². The molecule has 11 heteroatoms. The van der Waals surface area contributed by atoms with Crippen LogP contribution in [0.1, 0.15) is 26.4 Å². The number of hydrogen-bond acceptors (Lipinski definition) is 9. The summed E-state index contributed by atoms with van der Waals surface area (Å²) in [4.78, 5) is 53.3. The maximum Gasteiger partial charge on any atom is 0.338 e. The maximum atomic E-state index is 12.3. The van der Waals surface area contributed by atoms with E-state index in [0.717, 1.165) is 0 Å². The third-order valence-electron chi connectivity index (χ3n) is 3.93. The molecule has 1 aromatic carbocycles. The van der Waals surface area contributed by atoms with Gasteiger partial charge < -0.3 is 19.5 Å². The molecule has 1 N–H and O–H groups in total. The van der Waals surface area contributed by atoms with Gasteiger partial charge in [0.1, 0.15) is 5.75 Å². The summed E-state index contributed by atoms with van der Waals surface area (Å²) in [6.07, 6.45) is -0.151. The molecule has 1 saturated heterocycles. The first-order chi connectivity index (χ1) is 13.9. The van der Waals surface area contributed by atoms with E-state index in [1.807, 2.05) is 0 Å². The molecule has 0 bridgehead atoms. The molecule has 0 unspecified atom stereocenters. The number of urea groups is 1. The molecule has 29 heavy (non-hydrogen) atoms. The number of hydrogen-bond donors (Lipinski definition) is 1. The number of aromatic nitrogens is 1. The molecule has 0 spiro atoms. The molecule has 1 fully saturated rings. The van der Waals surface area contributed by atoms with E-state index < -0.39 is 17.9 Å². The van der Waals surface area contributed by atoms with Gasteiger partial charge in [-0.05, 0) is 18.2 Å². The Morgan fingerprint density at radius 1 is 1.14 bits per heavy atom. The third kappa shape index (κ3) is 4.69. The summed E-state index contributed by atoms with van der Waals surface area (Å²) in [6.45, 7) is 1.04. The number of amides is 2. The molecular formula is C18H17N3O7S. The fourth-order valence-corrected chi connectivity index (χ4v) is 3.45. The molecule has 0 saturated carbocycles. The van der Waals surface area contributed by atoms with Crippen molar-refractivity contribution in [3.05, 3.63) is 40.4 Å². The minimum Gasteiger partial charge on any atom is -0.465 e. The Morgan fingerprint density at radius 3 is 2.34 bits per heavy atom. The van der Waals surface area contributed by atoms with Gasteiger partial charge in [-0.25, -0.2) is 19.4 Å². The van der Waals surface area contributed by atoms with E-state index >= 15 is 0 Å². The molecule has 1 aromatic heterocycles. The van der Waals surface area contributed by atoms with Crippen LogP contribution >= 0.6 is 11.3 Å². The fraction of sp³-hybridized carbons (Fsp3) is 0.278. The molecule has 2 aromatic rings. The SMILES string of the molecule is COC(=O)c1cc(OC(=O)Cc2csc(N3CCNC3=O)n2)cc(C(=O)OC)c1. The standard InChI is InChI=1S/C18H17N3O7S/c1-26-15(23)10-5-11(16(24)27-2)7-13(6-10)28-14(22)8-12-9-29-18(20-12)21-4-3-19-17(21)25/h5-7,9H,3-4,8H2,1-2H3,(H,19,25). The van der Waals surface area contributed by atoms with Gasteiger partial charge in [-0.2, -0.15) is 0 Å². The summed E-state index contributed by atoms with van der Waals surface area (Å²) in [5, 5.41) is 4.82. The molecule has 2 heterocycles. The second-order valence-corrected chi connectivity index (χ2v) is 6.72. The van der Waals surface area contributed by atoms with Gasteiger partial charge in [-0.15, -0.1) is 11.3 Å². The number of rotatable bonds is 6. The van der Waals surface area contributed by atoms with E-state index in [4.69, 9.17) is 4.74 Å². The highest BCUT2D eigenvalue weighted by atomic mass is 32.1. The zero-order chi connectivity index (χ0) is 21.0. The topological polar surface area (TPSA) is 124 Å². The van der Waals surface area contributed by atoms with E-state index in [1.165, 1.54) is 48.7 Å². The third-order valence-corrected chi connectivity index (χ3v) is 4.85. The second-order valence-electron chi connectivity index (χ2n) is 5.89. The summed E-state index contributed by atoms with van der Waals surface area (Å²) < 4.78 is 14.5. The lowest BCUT2D eigenvalue weighted by Gasteiger charge is -2.09. The minimum absolute atomic E-state index is 0.00678. The van der Waals surface area contributed by atoms with Gasteiger partial charge in [0.25, 0.3) is 0 Å². The highest BCUT2D eigenvalue weighted by Gasteiger charge is 2.24. The van der Waals surface area contributed by atoms with E-state index in [1.54, 1.807) is 5.38 Å². The predicted molar refractivity (Wildman–Crippen MR) is 101 cm³/mol. The fourth-order valence-electron chi connectivity index (χ4n) is 2.60. The normalized spacial score (nSPS) is 13.0. The number of carbonyl (C=O) groups excluding carboxylic acids is 4. The lowest BCUT2D eigenvalue weighted by atomic mass is 10.1. The lowest BCUT2D eigenvalue weighted by Crippen LogP contribution is -2.27. The summed E-state index contributed by atoms with van der Waals surface area (Å²) in [6, 6.07) is 3.63. The highest BCUT2D eigenvalue weighted by Crippen LogP contribution is 2.23. The minimum atomic E-state index is -0.693. The Balaban J connectivity index is 1.73. The average molecular weight is 419 g/mol. The summed E-state index contributed by atoms with van der Waals surface area (Å²) >= 11 is 1.24. The van der Waals surface area contributed by atoms with Crippen LogP contribution < -0.4 is 15.0 Å². The molecule has 152 valence electrons. The van der Waals surface area contributed by atoms with E-state index in [9.17, 15) is 19.2 Å². The first-order valence-electron chi connectivity index (χ1n) is 8.43. The van der Waals surface area contributed by atoms with Gasteiger partial charge in [0.15, 0.2) is 5.13 Å². The number of carbonyl (C=O) groups is 4. The Bertz CT molecular complexity index is 938. The van der Waals surface area contributed by atoms with Crippen LogP contribution in [-0.4, -0.2) is 56.2 Å². The Morgan fingerprint density at radius 2 is 1.79 bits per heavy atom. The summed E-state index contributed by atoms with van der Waals surface area (Å²) in [7, 11) is 2.39. The maximum absolute atomic E-state index is 12.3. The van der Waals surface area contributed by atoms with Gasteiger partial charge in [-0.1, -0.05) is 0 Å². The molecule has 1 aliphatic rings. The molecule has 10 nitrogen and oxygen atoms in total. The van der Waals surface area contributed by atoms with Crippen LogP contribution in [0.2, 0.25) is 0 Å². The quantitative estimate of drug-likeness (QED) is 0.550. The molecule has 0 radical (unpaired) electrons. The average Bonchev–Trinajstić information content (AvgIpc) is 3.34. The largest absolute Gasteiger partial charge is 0.465 e. The number of benzene rings is 1. The molecular weight excluding hydrogens is 402 g/mol. The Hall–Kier alpha value is -3.47. The van der Waals surface area contributed by atoms with Crippen molar-refractivity contribution in [3.63, 3.8) is 0 Å². The first kappa shape index (κ1) is 20.3. The number of esters is 3. The second kappa shape index (κ2) is 8.69. The Kier molecular flexibility index (Phi) is 6.07. The van der Waals surface area contributed by atoms with Crippen molar-refractivity contribution < 1.29 is 33.4 Å². The van der Waals surface area contributed by atoms with Crippen molar-refractivity contribution in [1.29, 1.82) is 0 Å².